The Hall–Kier alpha value is -3.76. The molecule has 9 nitrogen and oxygen atoms in total. The molecule has 3 aromatic rings. The number of hydrogen-bond donors (Lipinski definition) is 1. The molecule has 0 saturated heterocycles. The van der Waals surface area contributed by atoms with Gasteiger partial charge < -0.3 is 19.7 Å². The minimum Gasteiger partial charge on any atom is -0.493 e. The van der Waals surface area contributed by atoms with E-state index in [1.54, 1.807) is 48.5 Å². The van der Waals surface area contributed by atoms with Crippen LogP contribution < -0.4 is 19.1 Å². The highest BCUT2D eigenvalue weighted by molar-refractivity contribution is 7.92. The van der Waals surface area contributed by atoms with Gasteiger partial charge in [0.2, 0.25) is 11.8 Å². The summed E-state index contributed by atoms with van der Waals surface area (Å²) in [7, 11) is -1.30. The van der Waals surface area contributed by atoms with Gasteiger partial charge in [0.05, 0.1) is 24.8 Å². The summed E-state index contributed by atoms with van der Waals surface area (Å²) in [6.45, 7) is 6.84. The third kappa shape index (κ3) is 7.95. The maximum atomic E-state index is 14.2. The lowest BCUT2D eigenvalue weighted by molar-refractivity contribution is -0.140. The van der Waals surface area contributed by atoms with Crippen molar-refractivity contribution in [1.82, 2.24) is 10.2 Å². The number of anilines is 1. The molecule has 42 heavy (non-hydrogen) atoms. The van der Waals surface area contributed by atoms with Crippen molar-refractivity contribution in [2.75, 3.05) is 25.1 Å². The lowest BCUT2D eigenvalue weighted by Crippen LogP contribution is -2.53. The molecule has 0 heterocycles. The molecular weight excluding hydrogens is 578 g/mol. The summed E-state index contributed by atoms with van der Waals surface area (Å²) in [5.41, 5.74) is 1.83. The Labute approximate surface area is 253 Å². The second kappa shape index (κ2) is 14.4. The van der Waals surface area contributed by atoms with Gasteiger partial charge in [-0.15, -0.1) is 0 Å². The molecule has 1 atom stereocenters. The third-order valence-electron chi connectivity index (χ3n) is 6.63. The molecule has 0 fully saturated rings. The van der Waals surface area contributed by atoms with Gasteiger partial charge in [0, 0.05) is 23.7 Å². The van der Waals surface area contributed by atoms with Gasteiger partial charge in [-0.25, -0.2) is 8.42 Å². The smallest absolute Gasteiger partial charge is 0.264 e. The van der Waals surface area contributed by atoms with Crippen LogP contribution in [0.15, 0.2) is 71.6 Å². The fourth-order valence-electron chi connectivity index (χ4n) is 4.43. The summed E-state index contributed by atoms with van der Waals surface area (Å²) in [4.78, 5) is 28.8. The SMILES string of the molecule is CCC(C(=O)NC(C)C)N(Cc1ccc(Cl)cc1)C(=O)CN(c1ccc(OC)c(OC)c1)S(=O)(=O)c1ccc(C)cc1. The number of amides is 2. The molecule has 0 aliphatic rings. The molecule has 0 bridgehead atoms. The Morgan fingerprint density at radius 3 is 2.10 bits per heavy atom. The zero-order chi connectivity index (χ0) is 31.0. The molecule has 0 saturated carbocycles. The van der Waals surface area contributed by atoms with Crippen LogP contribution in [0.3, 0.4) is 0 Å². The molecule has 2 amide bonds. The van der Waals surface area contributed by atoms with Gasteiger partial charge in [-0.1, -0.05) is 48.4 Å². The van der Waals surface area contributed by atoms with E-state index in [0.29, 0.717) is 22.9 Å². The van der Waals surface area contributed by atoms with Crippen LogP contribution in [0, 0.1) is 6.92 Å². The first-order valence-corrected chi connectivity index (χ1v) is 15.4. The van der Waals surface area contributed by atoms with Gasteiger partial charge in [-0.2, -0.15) is 0 Å². The van der Waals surface area contributed by atoms with Gasteiger partial charge in [0.25, 0.3) is 10.0 Å². The molecule has 11 heteroatoms. The normalized spacial score (nSPS) is 12.0. The van der Waals surface area contributed by atoms with E-state index < -0.39 is 28.5 Å². The number of benzene rings is 3. The van der Waals surface area contributed by atoms with Crippen molar-refractivity contribution < 1.29 is 27.5 Å². The molecule has 0 aromatic heterocycles. The van der Waals surface area contributed by atoms with E-state index in [1.165, 1.54) is 37.3 Å². The fourth-order valence-corrected chi connectivity index (χ4v) is 5.96. The van der Waals surface area contributed by atoms with Crippen LogP contribution >= 0.6 is 11.6 Å². The van der Waals surface area contributed by atoms with E-state index in [2.05, 4.69) is 5.32 Å². The van der Waals surface area contributed by atoms with Crippen molar-refractivity contribution in [1.29, 1.82) is 0 Å². The number of halogens is 1. The highest BCUT2D eigenvalue weighted by atomic mass is 35.5. The largest absolute Gasteiger partial charge is 0.493 e. The molecular formula is C31H38ClN3O6S. The van der Waals surface area contributed by atoms with Crippen molar-refractivity contribution in [3.05, 3.63) is 82.9 Å². The molecule has 0 aliphatic carbocycles. The van der Waals surface area contributed by atoms with Crippen LogP contribution in [0.4, 0.5) is 5.69 Å². The number of carbonyl (C=O) groups excluding carboxylic acids is 2. The highest BCUT2D eigenvalue weighted by Crippen LogP contribution is 2.34. The molecule has 3 rings (SSSR count). The van der Waals surface area contributed by atoms with E-state index in [-0.39, 0.29) is 29.1 Å². The van der Waals surface area contributed by atoms with E-state index >= 15 is 0 Å². The van der Waals surface area contributed by atoms with E-state index in [1.807, 2.05) is 27.7 Å². The standard InChI is InChI=1S/C31H38ClN3O6S/c1-7-27(31(37)33-21(2)3)34(19-23-10-12-24(32)13-11-23)30(36)20-35(25-14-17-28(40-5)29(18-25)41-6)42(38,39)26-15-8-22(4)9-16-26/h8-18,21,27H,7,19-20H2,1-6H3,(H,33,37). The Bertz CT molecular complexity index is 1480. The number of rotatable bonds is 13. The second-order valence-corrected chi connectivity index (χ2v) is 12.4. The zero-order valence-electron chi connectivity index (χ0n) is 24.8. The van der Waals surface area contributed by atoms with E-state index in [4.69, 9.17) is 21.1 Å². The van der Waals surface area contributed by atoms with Crippen LogP contribution in [-0.2, 0) is 26.2 Å². The Balaban J connectivity index is 2.12. The third-order valence-corrected chi connectivity index (χ3v) is 8.67. The monoisotopic (exact) mass is 615 g/mol. The predicted octanol–water partition coefficient (Wildman–Crippen LogP) is 5.19. The quantitative estimate of drug-likeness (QED) is 0.284. The van der Waals surface area contributed by atoms with Crippen molar-refractivity contribution in [2.45, 2.75) is 57.6 Å². The molecule has 0 spiro atoms. The maximum Gasteiger partial charge on any atom is 0.264 e. The Morgan fingerprint density at radius 1 is 0.929 bits per heavy atom. The van der Waals surface area contributed by atoms with Gasteiger partial charge >= 0.3 is 0 Å². The van der Waals surface area contributed by atoms with Crippen molar-refractivity contribution in [3.63, 3.8) is 0 Å². The van der Waals surface area contributed by atoms with Crippen LogP contribution in [0.1, 0.15) is 38.3 Å². The summed E-state index contributed by atoms with van der Waals surface area (Å²) in [5, 5.41) is 3.41. The summed E-state index contributed by atoms with van der Waals surface area (Å²) in [6.07, 6.45) is 0.318. The average Bonchev–Trinajstić information content (AvgIpc) is 2.96. The molecule has 1 unspecified atom stereocenters. The maximum absolute atomic E-state index is 14.2. The average molecular weight is 616 g/mol. The number of carbonyl (C=O) groups is 2. The fraction of sp³-hybridized carbons (Fsp3) is 0.355. The minimum absolute atomic E-state index is 0.0181. The van der Waals surface area contributed by atoms with Gasteiger partial charge in [-0.3, -0.25) is 13.9 Å². The van der Waals surface area contributed by atoms with Crippen LogP contribution in [0.25, 0.3) is 0 Å². The Morgan fingerprint density at radius 2 is 1.55 bits per heavy atom. The number of nitrogens with zero attached hydrogens (tertiary/aromatic N) is 2. The first kappa shape index (κ1) is 32.8. The molecule has 226 valence electrons. The number of aryl methyl sites for hydroxylation is 1. The first-order chi connectivity index (χ1) is 19.9. The summed E-state index contributed by atoms with van der Waals surface area (Å²) < 4.78 is 39.9. The number of sulfonamides is 1. The number of nitrogens with one attached hydrogen (secondary N) is 1. The van der Waals surface area contributed by atoms with Crippen LogP contribution in [0.5, 0.6) is 11.5 Å². The second-order valence-electron chi connectivity index (χ2n) is 10.1. The van der Waals surface area contributed by atoms with Crippen molar-refractivity contribution in [3.8, 4) is 11.5 Å². The number of ether oxygens (including phenoxy) is 2. The zero-order valence-corrected chi connectivity index (χ0v) is 26.3. The Kier molecular flexibility index (Phi) is 11.2. The summed E-state index contributed by atoms with van der Waals surface area (Å²) >= 11 is 6.07. The molecule has 0 aliphatic heterocycles. The van der Waals surface area contributed by atoms with E-state index in [9.17, 15) is 18.0 Å². The topological polar surface area (TPSA) is 105 Å². The molecule has 1 N–H and O–H groups in total. The number of hydrogen-bond acceptors (Lipinski definition) is 6. The lowest BCUT2D eigenvalue weighted by atomic mass is 10.1. The van der Waals surface area contributed by atoms with Crippen molar-refractivity contribution in [2.24, 2.45) is 0 Å². The lowest BCUT2D eigenvalue weighted by Gasteiger charge is -2.33. The van der Waals surface area contributed by atoms with Crippen LogP contribution in [0.2, 0.25) is 5.02 Å². The van der Waals surface area contributed by atoms with Gasteiger partial charge in [0.15, 0.2) is 11.5 Å². The van der Waals surface area contributed by atoms with Gasteiger partial charge in [0.1, 0.15) is 12.6 Å². The minimum atomic E-state index is -4.22. The van der Waals surface area contributed by atoms with Gasteiger partial charge in [-0.05, 0) is 69.2 Å². The van der Waals surface area contributed by atoms with Crippen LogP contribution in [-0.4, -0.2) is 58.0 Å². The highest BCUT2D eigenvalue weighted by Gasteiger charge is 2.34. The first-order valence-electron chi connectivity index (χ1n) is 13.6. The molecule has 3 aromatic carbocycles. The number of methoxy groups -OCH3 is 2. The molecule has 0 radical (unpaired) electrons. The van der Waals surface area contributed by atoms with E-state index in [0.717, 1.165) is 15.4 Å². The summed E-state index contributed by atoms with van der Waals surface area (Å²) in [6, 6.07) is 17.0. The predicted molar refractivity (Wildman–Crippen MR) is 165 cm³/mol. The summed E-state index contributed by atoms with van der Waals surface area (Å²) in [5.74, 6) is -0.177. The van der Waals surface area contributed by atoms with Crippen molar-refractivity contribution >= 4 is 39.1 Å².